The van der Waals surface area contributed by atoms with Gasteiger partial charge in [-0.15, -0.1) is 0 Å². The van der Waals surface area contributed by atoms with E-state index in [1.54, 1.807) is 18.2 Å². The molecule has 30 heavy (non-hydrogen) atoms. The fourth-order valence-corrected chi connectivity index (χ4v) is 5.48. The van der Waals surface area contributed by atoms with Gasteiger partial charge in [0.05, 0.1) is 23.9 Å². The summed E-state index contributed by atoms with van der Waals surface area (Å²) in [6.07, 6.45) is 2.43. The molecule has 1 fully saturated rings. The minimum absolute atomic E-state index is 0.126. The van der Waals surface area contributed by atoms with E-state index in [9.17, 15) is 9.59 Å². The Balaban J connectivity index is 1.79. The average molecular weight is 594 g/mol. The van der Waals surface area contributed by atoms with Gasteiger partial charge in [0.2, 0.25) is 0 Å². The number of thioether (sulfide) groups is 1. The smallest absolute Gasteiger partial charge is 0.293 e. The number of ether oxygens (including phenoxy) is 1. The van der Waals surface area contributed by atoms with Gasteiger partial charge in [-0.1, -0.05) is 36.2 Å². The van der Waals surface area contributed by atoms with Crippen LogP contribution in [0, 0.1) is 0 Å². The maximum absolute atomic E-state index is 12.6. The van der Waals surface area contributed by atoms with E-state index in [1.165, 1.54) is 4.90 Å². The third-order valence-corrected chi connectivity index (χ3v) is 7.34. The first-order valence-electron chi connectivity index (χ1n) is 9.04. The van der Waals surface area contributed by atoms with E-state index in [4.69, 9.17) is 27.9 Å². The lowest BCUT2D eigenvalue weighted by Crippen LogP contribution is -2.36. The monoisotopic (exact) mass is 591 g/mol. The van der Waals surface area contributed by atoms with Crippen molar-refractivity contribution >= 4 is 84.0 Å². The molecule has 0 saturated carbocycles. The third kappa shape index (κ3) is 5.25. The average Bonchev–Trinajstić information content (AvgIpc) is 2.96. The van der Waals surface area contributed by atoms with Crippen LogP contribution in [-0.2, 0) is 11.4 Å². The molecule has 0 unspecified atom stereocenters. The zero-order valence-electron chi connectivity index (χ0n) is 16.0. The molecule has 2 aromatic carbocycles. The molecule has 0 radical (unpaired) electrons. The van der Waals surface area contributed by atoms with Crippen LogP contribution in [0.4, 0.5) is 4.79 Å². The van der Waals surface area contributed by atoms with Crippen LogP contribution in [0.3, 0.4) is 0 Å². The molecule has 1 saturated heterocycles. The van der Waals surface area contributed by atoms with E-state index >= 15 is 0 Å². The van der Waals surface area contributed by atoms with Crippen LogP contribution in [-0.4, -0.2) is 22.1 Å². The van der Waals surface area contributed by atoms with Gasteiger partial charge >= 0.3 is 0 Å². The highest BCUT2D eigenvalue weighted by molar-refractivity contribution is 9.11. The number of benzene rings is 2. The molecule has 2 amide bonds. The molecule has 0 bridgehead atoms. The minimum atomic E-state index is -0.258. The first-order chi connectivity index (χ1) is 14.2. The Morgan fingerprint density at radius 2 is 1.80 bits per heavy atom. The molecule has 0 aliphatic carbocycles. The van der Waals surface area contributed by atoms with E-state index < -0.39 is 0 Å². The Morgan fingerprint density at radius 3 is 2.40 bits per heavy atom. The van der Waals surface area contributed by atoms with Crippen molar-refractivity contribution in [3.8, 4) is 5.75 Å². The fourth-order valence-electron chi connectivity index (χ4n) is 2.78. The van der Waals surface area contributed by atoms with Crippen LogP contribution in [0.1, 0.15) is 31.4 Å². The Kier molecular flexibility index (Phi) is 7.96. The summed E-state index contributed by atoms with van der Waals surface area (Å²) in [6, 6.07) is 8.88. The number of nitrogens with zero attached hydrogens (tertiary/aromatic N) is 1. The van der Waals surface area contributed by atoms with E-state index in [1.807, 2.05) is 32.0 Å². The Hall–Kier alpha value is -0.990. The summed E-state index contributed by atoms with van der Waals surface area (Å²) < 4.78 is 7.35. The number of rotatable bonds is 6. The zero-order valence-corrected chi connectivity index (χ0v) is 21.5. The van der Waals surface area contributed by atoms with Crippen LogP contribution >= 0.6 is 66.8 Å². The van der Waals surface area contributed by atoms with Crippen LogP contribution in [0.15, 0.2) is 44.2 Å². The summed E-state index contributed by atoms with van der Waals surface area (Å²) in [6.45, 7) is 4.12. The fraction of sp³-hybridized carbons (Fsp3) is 0.238. The molecule has 1 atom stereocenters. The van der Waals surface area contributed by atoms with Crippen LogP contribution in [0.2, 0.25) is 10.0 Å². The van der Waals surface area contributed by atoms with Crippen molar-refractivity contribution in [2.45, 2.75) is 32.9 Å². The molecule has 0 spiro atoms. The van der Waals surface area contributed by atoms with E-state index in [-0.39, 0.29) is 17.2 Å². The molecular formula is C21H17Br2Cl2NO3S. The first kappa shape index (κ1) is 23.7. The molecule has 3 rings (SSSR count). The van der Waals surface area contributed by atoms with Gasteiger partial charge in [-0.3, -0.25) is 14.5 Å². The second-order valence-corrected chi connectivity index (χ2v) is 10.2. The molecule has 158 valence electrons. The molecule has 1 heterocycles. The molecule has 9 heteroatoms. The highest BCUT2D eigenvalue weighted by atomic mass is 79.9. The number of carbonyl (C=O) groups excluding carboxylic acids is 2. The van der Waals surface area contributed by atoms with Crippen LogP contribution < -0.4 is 4.74 Å². The van der Waals surface area contributed by atoms with E-state index in [0.717, 1.165) is 22.9 Å². The highest BCUT2D eigenvalue weighted by Crippen LogP contribution is 2.39. The van der Waals surface area contributed by atoms with Crippen molar-refractivity contribution in [3.05, 3.63) is 65.4 Å². The molecule has 1 aliphatic heterocycles. The third-order valence-electron chi connectivity index (χ3n) is 4.54. The number of imide groups is 1. The number of hydrogen-bond acceptors (Lipinski definition) is 4. The molecular weight excluding hydrogens is 577 g/mol. The molecule has 4 nitrogen and oxygen atoms in total. The topological polar surface area (TPSA) is 46.6 Å². The van der Waals surface area contributed by atoms with Crippen molar-refractivity contribution in [3.63, 3.8) is 0 Å². The Bertz CT molecular complexity index is 1020. The number of hydrogen-bond donors (Lipinski definition) is 0. The zero-order chi connectivity index (χ0) is 22.0. The van der Waals surface area contributed by atoms with Crippen molar-refractivity contribution in [2.24, 2.45) is 0 Å². The van der Waals surface area contributed by atoms with Gasteiger partial charge in [0.1, 0.15) is 12.4 Å². The van der Waals surface area contributed by atoms with Crippen LogP contribution in [0.5, 0.6) is 5.75 Å². The van der Waals surface area contributed by atoms with Crippen molar-refractivity contribution in [2.75, 3.05) is 0 Å². The maximum atomic E-state index is 12.6. The van der Waals surface area contributed by atoms with E-state index in [0.29, 0.717) is 42.7 Å². The van der Waals surface area contributed by atoms with Gasteiger partial charge in [-0.25, -0.2) is 0 Å². The quantitative estimate of drug-likeness (QED) is 0.319. The van der Waals surface area contributed by atoms with Gasteiger partial charge in [0.25, 0.3) is 11.1 Å². The Labute approximate surface area is 206 Å². The Morgan fingerprint density at radius 1 is 1.13 bits per heavy atom. The lowest BCUT2D eigenvalue weighted by molar-refractivity contribution is -0.124. The number of carbonyl (C=O) groups is 2. The standard InChI is InChI=1S/C21H17Br2Cl2NO3S/c1-3-11(2)26-20(27)18(30-21(26)28)9-13-6-14(22)19(15(23)7-13)29-10-12-4-5-16(24)17(25)8-12/h4-9,11H,3,10H2,1-2H3/b18-9+/t11-/m1/s1. The van der Waals surface area contributed by atoms with Gasteiger partial charge in [0, 0.05) is 6.04 Å². The summed E-state index contributed by atoms with van der Waals surface area (Å²) in [5.41, 5.74) is 1.65. The first-order valence-corrected chi connectivity index (χ1v) is 12.2. The summed E-state index contributed by atoms with van der Waals surface area (Å²) in [7, 11) is 0. The van der Waals surface area contributed by atoms with Crippen molar-refractivity contribution in [1.82, 2.24) is 4.90 Å². The summed E-state index contributed by atoms with van der Waals surface area (Å²) in [5.74, 6) is 0.359. The largest absolute Gasteiger partial charge is 0.487 e. The number of amides is 2. The summed E-state index contributed by atoms with van der Waals surface area (Å²) >= 11 is 20.0. The molecule has 2 aromatic rings. The minimum Gasteiger partial charge on any atom is -0.487 e. The summed E-state index contributed by atoms with van der Waals surface area (Å²) in [4.78, 5) is 26.5. The van der Waals surface area contributed by atoms with Gasteiger partial charge in [-0.05, 0) is 98.4 Å². The van der Waals surface area contributed by atoms with Crippen molar-refractivity contribution in [1.29, 1.82) is 0 Å². The highest BCUT2D eigenvalue weighted by Gasteiger charge is 2.37. The number of halogens is 4. The second-order valence-electron chi connectivity index (χ2n) is 6.66. The lowest BCUT2D eigenvalue weighted by atomic mass is 10.2. The predicted octanol–water partition coefficient (Wildman–Crippen LogP) is 7.93. The predicted molar refractivity (Wildman–Crippen MR) is 130 cm³/mol. The molecule has 0 N–H and O–H groups in total. The molecule has 0 aromatic heterocycles. The maximum Gasteiger partial charge on any atom is 0.293 e. The van der Waals surface area contributed by atoms with Crippen LogP contribution in [0.25, 0.3) is 6.08 Å². The van der Waals surface area contributed by atoms with Gasteiger partial charge in [0.15, 0.2) is 0 Å². The lowest BCUT2D eigenvalue weighted by Gasteiger charge is -2.19. The SMILES string of the molecule is CC[C@@H](C)N1C(=O)S/C(=C/c2cc(Br)c(OCc3ccc(Cl)c(Cl)c3)c(Br)c2)C1=O. The van der Waals surface area contributed by atoms with Gasteiger partial charge < -0.3 is 4.74 Å². The normalized spacial score (nSPS) is 16.5. The summed E-state index contributed by atoms with van der Waals surface area (Å²) in [5, 5.41) is 0.725. The second kappa shape index (κ2) is 10.1. The van der Waals surface area contributed by atoms with Crippen molar-refractivity contribution < 1.29 is 14.3 Å². The van der Waals surface area contributed by atoms with E-state index in [2.05, 4.69) is 31.9 Å². The molecule has 1 aliphatic rings. The van der Waals surface area contributed by atoms with Gasteiger partial charge in [-0.2, -0.15) is 0 Å².